The van der Waals surface area contributed by atoms with Crippen LogP contribution >= 0.6 is 18.9 Å². The second-order valence-electron chi connectivity index (χ2n) is 3.73. The normalized spacial score (nSPS) is 13.3. The number of thiophene rings is 1. The van der Waals surface area contributed by atoms with E-state index in [1.807, 2.05) is 0 Å². The Labute approximate surface area is 107 Å². The maximum absolute atomic E-state index is 11.5. The van der Waals surface area contributed by atoms with Crippen molar-refractivity contribution in [2.75, 3.05) is 12.7 Å². The predicted molar refractivity (Wildman–Crippen MR) is 64.4 cm³/mol. The summed E-state index contributed by atoms with van der Waals surface area (Å²) in [6.45, 7) is -0.532. The standard InChI is InChI=1S/C9H14NO6PS/c11-7(6-17(14,15)16)5-10(13)9(12)4-8-2-1-3-18-8/h1-3,7,11,13H,4-6H2,(H2,14,15,16). The number of hydrogen-bond donors (Lipinski definition) is 4. The van der Waals surface area contributed by atoms with Gasteiger partial charge in [-0.2, -0.15) is 0 Å². The Hall–Kier alpha value is -0.760. The van der Waals surface area contributed by atoms with Crippen molar-refractivity contribution in [3.05, 3.63) is 22.4 Å². The fourth-order valence-corrected chi connectivity index (χ4v) is 2.65. The molecule has 0 bridgehead atoms. The Balaban J connectivity index is 2.42. The molecule has 1 heterocycles. The number of rotatable bonds is 6. The summed E-state index contributed by atoms with van der Waals surface area (Å²) in [7, 11) is -4.36. The van der Waals surface area contributed by atoms with E-state index in [4.69, 9.17) is 9.79 Å². The molecule has 0 spiro atoms. The molecule has 1 rings (SSSR count). The Morgan fingerprint density at radius 1 is 1.50 bits per heavy atom. The van der Waals surface area contributed by atoms with Gasteiger partial charge in [0.2, 0.25) is 0 Å². The molecule has 1 aromatic rings. The first-order valence-corrected chi connectivity index (χ1v) is 7.70. The molecule has 0 saturated carbocycles. The van der Waals surface area contributed by atoms with Gasteiger partial charge in [-0.05, 0) is 11.4 Å². The number of carbonyl (C=O) groups is 1. The van der Waals surface area contributed by atoms with Crippen LogP contribution in [-0.4, -0.2) is 49.9 Å². The van der Waals surface area contributed by atoms with E-state index in [9.17, 15) is 19.7 Å². The summed E-state index contributed by atoms with van der Waals surface area (Å²) >= 11 is 1.35. The average Bonchev–Trinajstić information content (AvgIpc) is 2.66. The molecular weight excluding hydrogens is 281 g/mol. The van der Waals surface area contributed by atoms with E-state index in [1.54, 1.807) is 17.5 Å². The highest BCUT2D eigenvalue weighted by atomic mass is 32.1. The molecule has 0 aromatic carbocycles. The SMILES string of the molecule is O=C(Cc1cccs1)N(O)CC(O)CP(=O)(O)O. The molecule has 9 heteroatoms. The van der Waals surface area contributed by atoms with Crippen molar-refractivity contribution in [3.8, 4) is 0 Å². The Bertz CT molecular complexity index is 430. The number of hydrogen-bond acceptors (Lipinski definition) is 5. The highest BCUT2D eigenvalue weighted by Crippen LogP contribution is 2.34. The van der Waals surface area contributed by atoms with Crippen LogP contribution in [0.25, 0.3) is 0 Å². The number of nitrogens with zero attached hydrogens (tertiary/aromatic N) is 1. The lowest BCUT2D eigenvalue weighted by atomic mass is 10.3. The zero-order valence-corrected chi connectivity index (χ0v) is 11.0. The zero-order chi connectivity index (χ0) is 13.8. The lowest BCUT2D eigenvalue weighted by molar-refractivity contribution is -0.169. The molecule has 0 aliphatic rings. The number of amides is 1. The molecule has 1 atom stereocenters. The lowest BCUT2D eigenvalue weighted by Crippen LogP contribution is -2.37. The maximum Gasteiger partial charge on any atom is 0.328 e. The molecule has 0 aliphatic heterocycles. The van der Waals surface area contributed by atoms with Crippen molar-refractivity contribution >= 4 is 24.8 Å². The van der Waals surface area contributed by atoms with Gasteiger partial charge in [0, 0.05) is 4.88 Å². The smallest absolute Gasteiger partial charge is 0.328 e. The number of aliphatic hydroxyl groups excluding tert-OH is 1. The number of carbonyl (C=O) groups excluding carboxylic acids is 1. The average molecular weight is 295 g/mol. The minimum atomic E-state index is -4.36. The van der Waals surface area contributed by atoms with Crippen molar-refractivity contribution in [3.63, 3.8) is 0 Å². The van der Waals surface area contributed by atoms with Gasteiger partial charge in [-0.1, -0.05) is 6.07 Å². The first kappa shape index (κ1) is 15.3. The van der Waals surface area contributed by atoms with Crippen LogP contribution in [0.2, 0.25) is 0 Å². The quantitative estimate of drug-likeness (QED) is 0.334. The van der Waals surface area contributed by atoms with Crippen LogP contribution in [0.4, 0.5) is 0 Å². The summed E-state index contributed by atoms with van der Waals surface area (Å²) in [5.41, 5.74) is 0. The molecule has 102 valence electrons. The molecule has 0 aliphatic carbocycles. The van der Waals surface area contributed by atoms with Crippen LogP contribution in [-0.2, 0) is 15.8 Å². The van der Waals surface area contributed by atoms with E-state index in [0.717, 1.165) is 4.88 Å². The van der Waals surface area contributed by atoms with Crippen molar-refractivity contribution in [2.45, 2.75) is 12.5 Å². The van der Waals surface area contributed by atoms with Gasteiger partial charge in [-0.25, -0.2) is 5.06 Å². The summed E-state index contributed by atoms with van der Waals surface area (Å²) < 4.78 is 10.6. The molecular formula is C9H14NO6PS. The molecule has 0 radical (unpaired) electrons. The van der Waals surface area contributed by atoms with Gasteiger partial charge < -0.3 is 14.9 Å². The van der Waals surface area contributed by atoms with E-state index in [-0.39, 0.29) is 11.5 Å². The molecule has 4 N–H and O–H groups in total. The zero-order valence-electron chi connectivity index (χ0n) is 9.34. The molecule has 1 amide bonds. The van der Waals surface area contributed by atoms with E-state index >= 15 is 0 Å². The monoisotopic (exact) mass is 295 g/mol. The summed E-state index contributed by atoms with van der Waals surface area (Å²) in [6.07, 6.45) is -2.28. The highest BCUT2D eigenvalue weighted by Gasteiger charge is 2.23. The van der Waals surface area contributed by atoms with Gasteiger partial charge in [0.25, 0.3) is 5.91 Å². The maximum atomic E-state index is 11.5. The van der Waals surface area contributed by atoms with Gasteiger partial charge >= 0.3 is 7.60 Å². The van der Waals surface area contributed by atoms with Crippen molar-refractivity contribution in [1.82, 2.24) is 5.06 Å². The van der Waals surface area contributed by atoms with Crippen molar-refractivity contribution in [2.24, 2.45) is 0 Å². The van der Waals surface area contributed by atoms with E-state index < -0.39 is 32.3 Å². The molecule has 1 aromatic heterocycles. The van der Waals surface area contributed by atoms with Gasteiger partial charge in [0.1, 0.15) is 0 Å². The highest BCUT2D eigenvalue weighted by molar-refractivity contribution is 7.51. The Kier molecular flexibility index (Phi) is 5.46. The second-order valence-corrected chi connectivity index (χ2v) is 6.46. The number of hydroxylamine groups is 2. The lowest BCUT2D eigenvalue weighted by Gasteiger charge is -2.18. The van der Waals surface area contributed by atoms with Crippen LogP contribution < -0.4 is 0 Å². The molecule has 0 fully saturated rings. The second kappa shape index (κ2) is 6.42. The minimum Gasteiger partial charge on any atom is -0.391 e. The third kappa shape index (κ3) is 5.72. The van der Waals surface area contributed by atoms with E-state index in [0.29, 0.717) is 0 Å². The predicted octanol–water partition coefficient (Wildman–Crippen LogP) is 0.0470. The molecule has 0 saturated heterocycles. The Morgan fingerprint density at radius 3 is 2.67 bits per heavy atom. The summed E-state index contributed by atoms with van der Waals surface area (Å²) in [4.78, 5) is 29.5. The van der Waals surface area contributed by atoms with Gasteiger partial charge in [-0.3, -0.25) is 14.6 Å². The van der Waals surface area contributed by atoms with Crippen LogP contribution in [0.15, 0.2) is 17.5 Å². The first-order chi connectivity index (χ1) is 8.28. The van der Waals surface area contributed by atoms with Gasteiger partial charge in [0.15, 0.2) is 0 Å². The molecule has 18 heavy (non-hydrogen) atoms. The molecule has 7 nitrogen and oxygen atoms in total. The fraction of sp³-hybridized carbons (Fsp3) is 0.444. The third-order valence-corrected chi connectivity index (χ3v) is 3.80. The topological polar surface area (TPSA) is 118 Å². The van der Waals surface area contributed by atoms with Crippen LogP contribution in [0.3, 0.4) is 0 Å². The number of aliphatic hydroxyl groups is 1. The third-order valence-electron chi connectivity index (χ3n) is 2.03. The van der Waals surface area contributed by atoms with Gasteiger partial charge in [0.05, 0.1) is 25.2 Å². The van der Waals surface area contributed by atoms with E-state index in [1.165, 1.54) is 11.3 Å². The van der Waals surface area contributed by atoms with Crippen molar-refractivity contribution < 1.29 is 29.5 Å². The fourth-order valence-electron chi connectivity index (χ4n) is 1.29. The van der Waals surface area contributed by atoms with Gasteiger partial charge in [-0.15, -0.1) is 11.3 Å². The van der Waals surface area contributed by atoms with Crippen LogP contribution in [0.1, 0.15) is 4.88 Å². The summed E-state index contributed by atoms with van der Waals surface area (Å²) in [5.74, 6) is -0.637. The largest absolute Gasteiger partial charge is 0.391 e. The summed E-state index contributed by atoms with van der Waals surface area (Å²) in [6, 6.07) is 3.49. The summed E-state index contributed by atoms with van der Waals surface area (Å²) in [5, 5.41) is 20.7. The van der Waals surface area contributed by atoms with Crippen LogP contribution in [0, 0.1) is 0 Å². The van der Waals surface area contributed by atoms with E-state index in [2.05, 4.69) is 0 Å². The first-order valence-electron chi connectivity index (χ1n) is 5.02. The molecule has 1 unspecified atom stereocenters. The van der Waals surface area contributed by atoms with Crippen molar-refractivity contribution in [1.29, 1.82) is 0 Å². The Morgan fingerprint density at radius 2 is 2.17 bits per heavy atom. The van der Waals surface area contributed by atoms with Crippen LogP contribution in [0.5, 0.6) is 0 Å². The minimum absolute atomic E-state index is 0.0171.